The molecular formula is C24H28Cl2F2N8O4. The lowest BCUT2D eigenvalue weighted by molar-refractivity contribution is -0.118. The predicted molar refractivity (Wildman–Crippen MR) is 140 cm³/mol. The van der Waals surface area contributed by atoms with Gasteiger partial charge in [0.15, 0.2) is 45.4 Å². The van der Waals surface area contributed by atoms with Crippen LogP contribution in [0.3, 0.4) is 0 Å². The van der Waals surface area contributed by atoms with E-state index >= 15 is 0 Å². The van der Waals surface area contributed by atoms with E-state index in [1.54, 1.807) is 11.5 Å². The fourth-order valence-corrected chi connectivity index (χ4v) is 5.70. The summed E-state index contributed by atoms with van der Waals surface area (Å²) in [6, 6.07) is 0. The van der Waals surface area contributed by atoms with Crippen LogP contribution in [-0.2, 0) is 20.9 Å². The quantitative estimate of drug-likeness (QED) is 0.335. The van der Waals surface area contributed by atoms with Crippen LogP contribution >= 0.6 is 23.2 Å². The molecule has 2 aliphatic rings. The number of hydrogen-bond donors (Lipinski definition) is 2. The van der Waals surface area contributed by atoms with Crippen LogP contribution in [0.15, 0.2) is 25.3 Å². The number of hydrogen-bond acceptors (Lipinski definition) is 10. The van der Waals surface area contributed by atoms with E-state index in [0.717, 1.165) is 6.42 Å². The van der Waals surface area contributed by atoms with E-state index in [9.17, 15) is 13.9 Å². The Morgan fingerprint density at radius 1 is 0.850 bits per heavy atom. The molecule has 2 unspecified atom stereocenters. The van der Waals surface area contributed by atoms with Crippen LogP contribution < -0.4 is 0 Å². The molecule has 40 heavy (non-hydrogen) atoms. The maximum absolute atomic E-state index is 14.7. The molecule has 2 fully saturated rings. The summed E-state index contributed by atoms with van der Waals surface area (Å²) in [4.78, 5) is 24.1. The highest BCUT2D eigenvalue weighted by molar-refractivity contribution is 6.33. The van der Waals surface area contributed by atoms with Crippen molar-refractivity contribution in [1.29, 1.82) is 0 Å². The largest absolute Gasteiger partial charge is 0.394 e. The zero-order chi connectivity index (χ0) is 29.0. The molecule has 2 N–H and O–H groups in total. The van der Waals surface area contributed by atoms with Gasteiger partial charge >= 0.3 is 0 Å². The fourth-order valence-electron chi connectivity index (χ4n) is 5.34. The average Bonchev–Trinajstić information content (AvgIpc) is 3.68. The first-order chi connectivity index (χ1) is 19.0. The lowest BCUT2D eigenvalue weighted by Gasteiger charge is -2.28. The average molecular weight is 601 g/mol. The van der Waals surface area contributed by atoms with Gasteiger partial charge in [0.1, 0.15) is 35.9 Å². The van der Waals surface area contributed by atoms with Crippen molar-refractivity contribution in [2.45, 2.75) is 76.2 Å². The second-order valence-electron chi connectivity index (χ2n) is 10.1. The van der Waals surface area contributed by atoms with Crippen molar-refractivity contribution in [2.24, 2.45) is 5.92 Å². The van der Waals surface area contributed by atoms with Crippen molar-refractivity contribution >= 4 is 45.5 Å². The molecule has 0 aliphatic carbocycles. The Balaban J connectivity index is 0.000000161. The number of nitrogens with zero attached hydrogens (tertiary/aromatic N) is 8. The van der Waals surface area contributed by atoms with E-state index in [0.29, 0.717) is 22.3 Å². The van der Waals surface area contributed by atoms with Gasteiger partial charge in [-0.2, -0.15) is 0 Å². The van der Waals surface area contributed by atoms with Crippen LogP contribution in [0.1, 0.15) is 34.1 Å². The normalized spacial score (nSPS) is 34.0. The standard InChI is InChI=1S/C13H16ClFN4O.C11H12ClFN4O3/c1-4-8-7(2)10(15)13(3,20-8)19-6-18-9-11(14)16-5-17-12(9)19;1-11(8(13)7(19)5(2-18)20-11)17-4-16-6-9(12)14-3-15-10(6)17/h5-8,10H,4H2,1-3H3;3-5,7-8,18-19H,2H2,1H3/t7?,8-,10+,13-;5-,7?,8+,11-/m11/s1. The number of ether oxygens (including phenoxy) is 2. The third kappa shape index (κ3) is 4.41. The molecule has 0 bridgehead atoms. The number of imidazole rings is 2. The van der Waals surface area contributed by atoms with E-state index in [1.165, 1.54) is 36.8 Å². The zero-order valence-electron chi connectivity index (χ0n) is 22.0. The first-order valence-corrected chi connectivity index (χ1v) is 13.3. The molecule has 0 spiro atoms. The molecule has 6 rings (SSSR count). The third-order valence-electron chi connectivity index (χ3n) is 7.65. The molecule has 4 aromatic rings. The van der Waals surface area contributed by atoms with Crippen LogP contribution in [0.5, 0.6) is 0 Å². The van der Waals surface area contributed by atoms with Crippen molar-refractivity contribution in [3.63, 3.8) is 0 Å². The van der Waals surface area contributed by atoms with Gasteiger partial charge in [0.05, 0.1) is 25.4 Å². The number of aromatic nitrogens is 8. The van der Waals surface area contributed by atoms with Crippen molar-refractivity contribution in [1.82, 2.24) is 39.0 Å². The molecule has 4 aromatic heterocycles. The zero-order valence-corrected chi connectivity index (χ0v) is 23.5. The van der Waals surface area contributed by atoms with Gasteiger partial charge in [-0.1, -0.05) is 37.0 Å². The van der Waals surface area contributed by atoms with Gasteiger partial charge in [-0.3, -0.25) is 9.13 Å². The van der Waals surface area contributed by atoms with Crippen LogP contribution in [0.4, 0.5) is 8.78 Å². The Morgan fingerprint density at radius 3 is 1.75 bits per heavy atom. The van der Waals surface area contributed by atoms with E-state index in [-0.39, 0.29) is 22.3 Å². The van der Waals surface area contributed by atoms with E-state index in [1.807, 2.05) is 13.8 Å². The molecule has 16 heteroatoms. The summed E-state index contributed by atoms with van der Waals surface area (Å²) >= 11 is 11.9. The highest BCUT2D eigenvalue weighted by Gasteiger charge is 2.54. The summed E-state index contributed by atoms with van der Waals surface area (Å²) in [7, 11) is 0. The first-order valence-electron chi connectivity index (χ1n) is 12.6. The Morgan fingerprint density at radius 2 is 1.32 bits per heavy atom. The van der Waals surface area contributed by atoms with E-state index < -0.39 is 42.6 Å². The number of alkyl halides is 2. The van der Waals surface area contributed by atoms with Crippen molar-refractivity contribution < 1.29 is 28.5 Å². The minimum atomic E-state index is -1.74. The van der Waals surface area contributed by atoms with Gasteiger partial charge in [-0.15, -0.1) is 0 Å². The lowest BCUT2D eigenvalue weighted by atomic mass is 9.96. The predicted octanol–water partition coefficient (Wildman–Crippen LogP) is 3.18. The Bertz CT molecular complexity index is 1410. The number of halogens is 4. The molecule has 0 amide bonds. The van der Waals surface area contributed by atoms with E-state index in [2.05, 4.69) is 29.9 Å². The van der Waals surface area contributed by atoms with Gasteiger partial charge in [-0.25, -0.2) is 38.7 Å². The molecule has 2 aliphatic heterocycles. The summed E-state index contributed by atoms with van der Waals surface area (Å²) in [5, 5.41) is 19.3. The topological polar surface area (TPSA) is 146 Å². The smallest absolute Gasteiger partial charge is 0.179 e. The van der Waals surface area contributed by atoms with Crippen LogP contribution in [0, 0.1) is 5.92 Å². The minimum absolute atomic E-state index is 0.121. The third-order valence-corrected chi connectivity index (χ3v) is 8.20. The molecule has 6 heterocycles. The van der Waals surface area contributed by atoms with Gasteiger partial charge in [0, 0.05) is 5.92 Å². The van der Waals surface area contributed by atoms with Crippen molar-refractivity contribution in [3.8, 4) is 0 Å². The molecule has 2 saturated heterocycles. The van der Waals surface area contributed by atoms with Gasteiger partial charge in [0.2, 0.25) is 0 Å². The summed E-state index contributed by atoms with van der Waals surface area (Å²) in [6.07, 6.45) is 0.731. The summed E-state index contributed by atoms with van der Waals surface area (Å²) in [5.41, 5.74) is -1.10. The Hall–Kier alpha value is -2.62. The number of rotatable bonds is 4. The fraction of sp³-hybridized carbons (Fsp3) is 0.583. The number of fused-ring (bicyclic) bond motifs is 2. The molecule has 12 nitrogen and oxygen atoms in total. The Kier molecular flexibility index (Phi) is 7.70. The summed E-state index contributed by atoms with van der Waals surface area (Å²) in [6.45, 7) is 6.55. The minimum Gasteiger partial charge on any atom is -0.394 e. The van der Waals surface area contributed by atoms with Crippen LogP contribution in [0.25, 0.3) is 22.3 Å². The van der Waals surface area contributed by atoms with Gasteiger partial charge in [-0.05, 0) is 20.3 Å². The summed E-state index contributed by atoms with van der Waals surface area (Å²) < 4.78 is 43.5. The van der Waals surface area contributed by atoms with Crippen LogP contribution in [-0.4, -0.2) is 86.5 Å². The summed E-state index contributed by atoms with van der Waals surface area (Å²) in [5.74, 6) is -0.181. The molecule has 8 atom stereocenters. The lowest BCUT2D eigenvalue weighted by Crippen LogP contribution is -2.40. The molecule has 0 saturated carbocycles. The second kappa shape index (κ2) is 10.7. The van der Waals surface area contributed by atoms with Crippen LogP contribution in [0.2, 0.25) is 10.3 Å². The first kappa shape index (κ1) is 28.9. The van der Waals surface area contributed by atoms with Crippen molar-refractivity contribution in [2.75, 3.05) is 6.61 Å². The van der Waals surface area contributed by atoms with Gasteiger partial charge < -0.3 is 19.7 Å². The number of aliphatic hydroxyl groups is 2. The van der Waals surface area contributed by atoms with E-state index in [4.69, 9.17) is 37.8 Å². The number of aliphatic hydroxyl groups excluding tert-OH is 2. The maximum Gasteiger partial charge on any atom is 0.179 e. The molecule has 0 aromatic carbocycles. The monoisotopic (exact) mass is 600 g/mol. The second-order valence-corrected chi connectivity index (χ2v) is 10.8. The highest BCUT2D eigenvalue weighted by Crippen LogP contribution is 2.43. The SMILES string of the molecule is CC[C@H]1O[C@@](C)(n2cnc3c(Cl)ncnc32)[C@@H](F)C1C.C[C@@]1(n2cnc3c(Cl)ncnc32)O[C@H](CO)C(O)[C@@H]1F. The molecule has 0 radical (unpaired) electrons. The van der Waals surface area contributed by atoms with Crippen molar-refractivity contribution in [3.05, 3.63) is 35.6 Å². The molecule has 216 valence electrons. The Labute approximate surface area is 237 Å². The maximum atomic E-state index is 14.7. The molecular weight excluding hydrogens is 573 g/mol. The highest BCUT2D eigenvalue weighted by atomic mass is 35.5. The van der Waals surface area contributed by atoms with Gasteiger partial charge in [0.25, 0.3) is 0 Å².